The van der Waals surface area contributed by atoms with Gasteiger partial charge in [-0.3, -0.25) is 4.57 Å². The van der Waals surface area contributed by atoms with Gasteiger partial charge in [0, 0.05) is 32.8 Å². The van der Waals surface area contributed by atoms with E-state index in [-0.39, 0.29) is 0 Å². The molecule has 0 aliphatic heterocycles. The number of allylic oxidation sites excluding steroid dienone is 2. The van der Waals surface area contributed by atoms with Gasteiger partial charge in [0.05, 0.1) is 27.8 Å². The van der Waals surface area contributed by atoms with Crippen LogP contribution in [0.5, 0.6) is 0 Å². The van der Waals surface area contributed by atoms with Crippen LogP contribution in [0.25, 0.3) is 112 Å². The second kappa shape index (κ2) is 11.6. The minimum Gasteiger partial charge on any atom is -0.309 e. The fourth-order valence-electron chi connectivity index (χ4n) is 9.21. The predicted octanol–water partition coefficient (Wildman–Crippen LogP) is 13.7. The largest absolute Gasteiger partial charge is 0.309 e. The molecule has 0 radical (unpaired) electrons. The summed E-state index contributed by atoms with van der Waals surface area (Å²) in [4.78, 5) is 5.35. The van der Waals surface area contributed by atoms with E-state index in [1.807, 2.05) is 0 Å². The SMILES string of the molecule is C1=Cc2c(n(-c3cc4c5c(cccc5n3)-c3ccccc3-4)c3ccc(-c4ccc5c(c4)c4ccccc4n5-c4cccc(-c5ccccc5)c4)cc23)C=CC1. The van der Waals surface area contributed by atoms with Crippen molar-refractivity contribution in [2.45, 2.75) is 6.42 Å². The van der Waals surface area contributed by atoms with Gasteiger partial charge in [-0.2, -0.15) is 0 Å². The van der Waals surface area contributed by atoms with Crippen molar-refractivity contribution in [2.75, 3.05) is 0 Å². The van der Waals surface area contributed by atoms with Gasteiger partial charge in [0.1, 0.15) is 5.82 Å². The molecule has 2 aliphatic carbocycles. The lowest BCUT2D eigenvalue weighted by Crippen LogP contribution is -2.01. The number of benzene rings is 7. The summed E-state index contributed by atoms with van der Waals surface area (Å²) < 4.78 is 4.77. The average Bonchev–Trinajstić information content (AvgIpc) is 3.78. The Morgan fingerprint density at radius 1 is 0.418 bits per heavy atom. The van der Waals surface area contributed by atoms with Crippen LogP contribution in [-0.4, -0.2) is 14.1 Å². The van der Waals surface area contributed by atoms with Gasteiger partial charge in [0.2, 0.25) is 0 Å². The summed E-state index contributed by atoms with van der Waals surface area (Å²) in [6.07, 6.45) is 10.00. The van der Waals surface area contributed by atoms with Gasteiger partial charge < -0.3 is 4.57 Å². The molecule has 3 heteroatoms. The third-order valence-electron chi connectivity index (χ3n) is 11.7. The first-order valence-electron chi connectivity index (χ1n) is 19.0. The van der Waals surface area contributed by atoms with Crippen LogP contribution in [0.3, 0.4) is 0 Å². The minimum absolute atomic E-state index is 0.901. The molecule has 0 spiro atoms. The van der Waals surface area contributed by atoms with E-state index in [4.69, 9.17) is 4.98 Å². The summed E-state index contributed by atoms with van der Waals surface area (Å²) in [5.74, 6) is 0.945. The maximum Gasteiger partial charge on any atom is 0.138 e. The molecular formula is C52H33N3. The lowest BCUT2D eigenvalue weighted by atomic mass is 10.00. The van der Waals surface area contributed by atoms with Crippen LogP contribution < -0.4 is 0 Å². The summed E-state index contributed by atoms with van der Waals surface area (Å²) in [5, 5.41) is 4.96. The van der Waals surface area contributed by atoms with Crippen LogP contribution >= 0.6 is 0 Å². The zero-order valence-corrected chi connectivity index (χ0v) is 29.9. The third kappa shape index (κ3) is 4.47. The number of nitrogens with zero attached hydrogens (tertiary/aromatic N) is 3. The maximum absolute atomic E-state index is 5.35. The summed E-state index contributed by atoms with van der Waals surface area (Å²) >= 11 is 0. The molecule has 0 N–H and O–H groups in total. The number of aromatic nitrogens is 3. The summed E-state index contributed by atoms with van der Waals surface area (Å²) in [6, 6.07) is 59.8. The van der Waals surface area contributed by atoms with E-state index in [1.165, 1.54) is 88.3 Å². The number of pyridine rings is 1. The Bertz CT molecular complexity index is 3280. The van der Waals surface area contributed by atoms with E-state index < -0.39 is 0 Å². The molecule has 3 heterocycles. The highest BCUT2D eigenvalue weighted by atomic mass is 15.1. The molecule has 10 aromatic rings. The highest BCUT2D eigenvalue weighted by Gasteiger charge is 2.25. The standard InChI is InChI=1S/C52H33N3/c1-3-13-33(14-4-1)34-15-11-16-37(29-34)54-47-24-10-9-20-40(47)43-30-35(25-27-49(43)54)36-26-28-50-44(31-36)41-19-5-2-6-23-48(41)55(50)51-32-45-39-18-8-7-17-38(39)42-21-12-22-46(53-51)52(42)45/h1,3-32H,2H2. The normalized spacial score (nSPS) is 12.9. The highest BCUT2D eigenvalue weighted by Crippen LogP contribution is 2.48. The zero-order valence-electron chi connectivity index (χ0n) is 29.9. The predicted molar refractivity (Wildman–Crippen MR) is 231 cm³/mol. The third-order valence-corrected chi connectivity index (χ3v) is 11.7. The molecule has 12 rings (SSSR count). The van der Waals surface area contributed by atoms with Crippen molar-refractivity contribution in [2.24, 2.45) is 0 Å². The van der Waals surface area contributed by atoms with Crippen molar-refractivity contribution in [1.82, 2.24) is 14.1 Å². The van der Waals surface area contributed by atoms with Gasteiger partial charge in [-0.05, 0) is 112 Å². The van der Waals surface area contributed by atoms with Crippen LogP contribution in [0.15, 0.2) is 176 Å². The number of hydrogen-bond donors (Lipinski definition) is 0. The molecular weight excluding hydrogens is 667 g/mol. The second-order valence-corrected chi connectivity index (χ2v) is 14.7. The number of rotatable bonds is 4. The number of fused-ring (bicyclic) bond motifs is 9. The number of para-hydroxylation sites is 1. The van der Waals surface area contributed by atoms with Crippen LogP contribution in [0.2, 0.25) is 0 Å². The quantitative estimate of drug-likeness (QED) is 0.179. The monoisotopic (exact) mass is 699 g/mol. The van der Waals surface area contributed by atoms with Gasteiger partial charge in [-0.25, -0.2) is 4.98 Å². The van der Waals surface area contributed by atoms with Crippen molar-refractivity contribution in [3.05, 3.63) is 187 Å². The van der Waals surface area contributed by atoms with Crippen molar-refractivity contribution in [1.29, 1.82) is 0 Å². The summed E-state index contributed by atoms with van der Waals surface area (Å²) in [7, 11) is 0. The molecule has 0 unspecified atom stereocenters. The van der Waals surface area contributed by atoms with Gasteiger partial charge in [0.25, 0.3) is 0 Å². The Morgan fingerprint density at radius 2 is 1.07 bits per heavy atom. The first kappa shape index (κ1) is 30.3. The van der Waals surface area contributed by atoms with Crippen LogP contribution in [-0.2, 0) is 0 Å². The lowest BCUT2D eigenvalue weighted by Gasteiger charge is -2.12. The number of hydrogen-bond acceptors (Lipinski definition) is 1. The Morgan fingerprint density at radius 3 is 1.95 bits per heavy atom. The van der Waals surface area contributed by atoms with E-state index >= 15 is 0 Å². The topological polar surface area (TPSA) is 22.8 Å². The van der Waals surface area contributed by atoms with Crippen LogP contribution in [0.1, 0.15) is 17.7 Å². The molecule has 55 heavy (non-hydrogen) atoms. The van der Waals surface area contributed by atoms with Crippen molar-refractivity contribution in [3.63, 3.8) is 0 Å². The van der Waals surface area contributed by atoms with Gasteiger partial charge >= 0.3 is 0 Å². The fourth-order valence-corrected chi connectivity index (χ4v) is 9.21. The molecule has 0 atom stereocenters. The molecule has 0 fully saturated rings. The fraction of sp³-hybridized carbons (Fsp3) is 0.0192. The van der Waals surface area contributed by atoms with Crippen molar-refractivity contribution in [3.8, 4) is 56.0 Å². The van der Waals surface area contributed by atoms with Crippen molar-refractivity contribution >= 4 is 55.8 Å². The van der Waals surface area contributed by atoms with E-state index in [0.29, 0.717) is 0 Å². The maximum atomic E-state index is 5.35. The Kier molecular flexibility index (Phi) is 6.40. The first-order valence-corrected chi connectivity index (χ1v) is 19.0. The average molecular weight is 700 g/mol. The molecule has 0 bridgehead atoms. The first-order chi connectivity index (χ1) is 27.3. The minimum atomic E-state index is 0.901. The molecule has 3 aromatic heterocycles. The van der Waals surface area contributed by atoms with E-state index in [0.717, 1.165) is 29.0 Å². The van der Waals surface area contributed by atoms with E-state index in [9.17, 15) is 0 Å². The molecule has 256 valence electrons. The summed E-state index contributed by atoms with van der Waals surface area (Å²) in [6.45, 7) is 0. The summed E-state index contributed by atoms with van der Waals surface area (Å²) in [5.41, 5.74) is 18.1. The smallest absolute Gasteiger partial charge is 0.138 e. The van der Waals surface area contributed by atoms with Crippen LogP contribution in [0.4, 0.5) is 0 Å². The molecule has 3 nitrogen and oxygen atoms in total. The zero-order chi connectivity index (χ0) is 36.0. The molecule has 0 saturated carbocycles. The van der Waals surface area contributed by atoms with Gasteiger partial charge in [0.15, 0.2) is 0 Å². The van der Waals surface area contributed by atoms with E-state index in [2.05, 4.69) is 197 Å². The van der Waals surface area contributed by atoms with E-state index in [1.54, 1.807) is 0 Å². The lowest BCUT2D eigenvalue weighted by molar-refractivity contribution is 1.05. The van der Waals surface area contributed by atoms with Crippen molar-refractivity contribution < 1.29 is 0 Å². The highest BCUT2D eigenvalue weighted by molar-refractivity contribution is 6.15. The Hall–Kier alpha value is -7.23. The molecule has 0 amide bonds. The Balaban J connectivity index is 1.03. The Labute approximate surface area is 318 Å². The second-order valence-electron chi connectivity index (χ2n) is 14.7. The molecule has 0 saturated heterocycles. The van der Waals surface area contributed by atoms with Crippen LogP contribution in [0, 0.1) is 0 Å². The van der Waals surface area contributed by atoms with Gasteiger partial charge in [-0.1, -0.05) is 127 Å². The molecule has 7 aromatic carbocycles. The van der Waals surface area contributed by atoms with Gasteiger partial charge in [-0.15, -0.1) is 0 Å². The molecule has 2 aliphatic rings.